The van der Waals surface area contributed by atoms with E-state index in [0.717, 1.165) is 0 Å². The number of nitrogens with one attached hydrogen (secondary N) is 1. The van der Waals surface area contributed by atoms with Gasteiger partial charge in [-0.1, -0.05) is 23.2 Å². The monoisotopic (exact) mass is 304 g/mol. The minimum absolute atomic E-state index is 0.0100. The maximum Gasteiger partial charge on any atom is 0.335 e. The van der Waals surface area contributed by atoms with Crippen LogP contribution in [0.1, 0.15) is 24.2 Å². The molecular weight excluding hydrogens is 291 g/mol. The lowest BCUT2D eigenvalue weighted by Crippen LogP contribution is -2.36. The van der Waals surface area contributed by atoms with Gasteiger partial charge < -0.3 is 15.3 Å². The average Bonchev–Trinajstić information content (AvgIpc) is 2.31. The predicted octanol–water partition coefficient (Wildman–Crippen LogP) is 3.56. The largest absolute Gasteiger partial charge is 0.478 e. The van der Waals surface area contributed by atoms with E-state index in [9.17, 15) is 9.59 Å². The van der Waals surface area contributed by atoms with Gasteiger partial charge in [-0.05, 0) is 26.0 Å². The van der Waals surface area contributed by atoms with Gasteiger partial charge in [0.25, 0.3) is 0 Å². The lowest BCUT2D eigenvalue weighted by atomic mass is 10.2. The van der Waals surface area contributed by atoms with Gasteiger partial charge in [-0.3, -0.25) is 0 Å². The number of benzene rings is 1. The maximum atomic E-state index is 11.9. The van der Waals surface area contributed by atoms with Crippen LogP contribution in [0.25, 0.3) is 0 Å². The van der Waals surface area contributed by atoms with Crippen LogP contribution in [0.15, 0.2) is 12.1 Å². The number of halogens is 2. The summed E-state index contributed by atoms with van der Waals surface area (Å²) in [6.07, 6.45) is 0. The van der Waals surface area contributed by atoms with Crippen molar-refractivity contribution >= 4 is 40.9 Å². The van der Waals surface area contributed by atoms with E-state index in [1.54, 1.807) is 7.05 Å². The van der Waals surface area contributed by atoms with E-state index < -0.39 is 5.97 Å². The molecule has 5 nitrogen and oxygen atoms in total. The molecule has 7 heteroatoms. The van der Waals surface area contributed by atoms with E-state index in [1.165, 1.54) is 17.0 Å². The zero-order valence-electron chi connectivity index (χ0n) is 10.7. The molecule has 0 unspecified atom stereocenters. The molecule has 1 aromatic carbocycles. The number of carbonyl (C=O) groups excluding carboxylic acids is 1. The first-order valence-corrected chi connectivity index (χ1v) is 6.25. The summed E-state index contributed by atoms with van der Waals surface area (Å²) in [6, 6.07) is 2.11. The van der Waals surface area contributed by atoms with Crippen LogP contribution in [0.3, 0.4) is 0 Å². The minimum Gasteiger partial charge on any atom is -0.478 e. The van der Waals surface area contributed by atoms with Crippen molar-refractivity contribution < 1.29 is 14.7 Å². The Labute approximate surface area is 121 Å². The molecule has 0 aliphatic carbocycles. The number of hydrogen-bond acceptors (Lipinski definition) is 2. The molecule has 0 saturated carbocycles. The topological polar surface area (TPSA) is 69.6 Å². The predicted molar refractivity (Wildman–Crippen MR) is 75.3 cm³/mol. The Morgan fingerprint density at radius 1 is 1.26 bits per heavy atom. The number of hydrogen-bond donors (Lipinski definition) is 2. The molecule has 1 rings (SSSR count). The molecule has 1 aromatic rings. The van der Waals surface area contributed by atoms with Crippen molar-refractivity contribution in [1.29, 1.82) is 0 Å². The highest BCUT2D eigenvalue weighted by Crippen LogP contribution is 2.32. The molecule has 19 heavy (non-hydrogen) atoms. The molecule has 2 N–H and O–H groups in total. The van der Waals surface area contributed by atoms with Crippen molar-refractivity contribution in [2.45, 2.75) is 19.9 Å². The second-order valence-electron chi connectivity index (χ2n) is 4.25. The maximum absolute atomic E-state index is 11.9. The summed E-state index contributed by atoms with van der Waals surface area (Å²) < 4.78 is 0. The van der Waals surface area contributed by atoms with Gasteiger partial charge in [0, 0.05) is 13.1 Å². The molecule has 2 amide bonds. The number of anilines is 1. The van der Waals surface area contributed by atoms with Crippen LogP contribution in [-0.2, 0) is 0 Å². The Hall–Kier alpha value is -1.46. The summed E-state index contributed by atoms with van der Waals surface area (Å²) >= 11 is 11.9. The van der Waals surface area contributed by atoms with Gasteiger partial charge >= 0.3 is 12.0 Å². The Balaban J connectivity index is 3.03. The Bertz CT molecular complexity index is 495. The van der Waals surface area contributed by atoms with Crippen LogP contribution in [0.4, 0.5) is 10.5 Å². The number of carboxylic acids is 1. The smallest absolute Gasteiger partial charge is 0.335 e. The number of amides is 2. The highest BCUT2D eigenvalue weighted by atomic mass is 35.5. The standard InChI is InChI=1S/C12H14Cl2N2O3/c1-6(2)16(3)12(19)15-10-8(13)4-7(11(17)18)5-9(10)14/h4-6H,1-3H3,(H,15,19)(H,17,18). The van der Waals surface area contributed by atoms with Crippen molar-refractivity contribution in [2.24, 2.45) is 0 Å². The van der Waals surface area contributed by atoms with E-state index in [0.29, 0.717) is 0 Å². The second kappa shape index (κ2) is 6.12. The summed E-state index contributed by atoms with van der Waals surface area (Å²) in [7, 11) is 1.63. The van der Waals surface area contributed by atoms with Crippen molar-refractivity contribution in [2.75, 3.05) is 12.4 Å². The molecule has 104 valence electrons. The molecule has 0 spiro atoms. The number of urea groups is 1. The van der Waals surface area contributed by atoms with Gasteiger partial charge in [-0.15, -0.1) is 0 Å². The zero-order chi connectivity index (χ0) is 14.7. The zero-order valence-corrected chi connectivity index (χ0v) is 12.2. The summed E-state index contributed by atoms with van der Waals surface area (Å²) in [5.74, 6) is -1.14. The van der Waals surface area contributed by atoms with Crippen LogP contribution >= 0.6 is 23.2 Å². The Kier molecular flexibility index (Phi) is 5.03. The normalized spacial score (nSPS) is 10.4. The van der Waals surface area contributed by atoms with Crippen molar-refractivity contribution in [3.63, 3.8) is 0 Å². The third kappa shape index (κ3) is 3.75. The summed E-state index contributed by atoms with van der Waals surface area (Å²) in [5, 5.41) is 11.6. The molecule has 0 aromatic heterocycles. The fourth-order valence-electron chi connectivity index (χ4n) is 1.25. The third-order valence-corrected chi connectivity index (χ3v) is 3.21. The number of carbonyl (C=O) groups is 2. The van der Waals surface area contributed by atoms with Gasteiger partial charge in [0.1, 0.15) is 0 Å². The van der Waals surface area contributed by atoms with Gasteiger partial charge in [-0.2, -0.15) is 0 Å². The SMILES string of the molecule is CC(C)N(C)C(=O)Nc1c(Cl)cc(C(=O)O)cc1Cl. The van der Waals surface area contributed by atoms with E-state index in [-0.39, 0.29) is 33.4 Å². The summed E-state index contributed by atoms with van der Waals surface area (Å²) in [4.78, 5) is 24.2. The summed E-state index contributed by atoms with van der Waals surface area (Å²) in [6.45, 7) is 3.71. The highest BCUT2D eigenvalue weighted by molar-refractivity contribution is 6.40. The van der Waals surface area contributed by atoms with Crippen molar-refractivity contribution in [1.82, 2.24) is 4.90 Å². The fourth-order valence-corrected chi connectivity index (χ4v) is 1.83. The van der Waals surface area contributed by atoms with Crippen LogP contribution in [-0.4, -0.2) is 35.1 Å². The molecule has 0 atom stereocenters. The minimum atomic E-state index is -1.14. The molecule has 0 aliphatic heterocycles. The van der Waals surface area contributed by atoms with Gasteiger partial charge in [-0.25, -0.2) is 9.59 Å². The third-order valence-electron chi connectivity index (χ3n) is 2.62. The summed E-state index contributed by atoms with van der Waals surface area (Å²) in [5.41, 5.74) is 0.163. The first-order valence-electron chi connectivity index (χ1n) is 5.50. The number of aromatic carboxylic acids is 1. The molecule has 0 fully saturated rings. The lowest BCUT2D eigenvalue weighted by Gasteiger charge is -2.22. The number of carboxylic acid groups (broad SMARTS) is 1. The van der Waals surface area contributed by atoms with E-state index in [4.69, 9.17) is 28.3 Å². The first kappa shape index (κ1) is 15.6. The Morgan fingerprint density at radius 3 is 2.11 bits per heavy atom. The molecule has 0 aliphatic rings. The molecule has 0 bridgehead atoms. The van der Waals surface area contributed by atoms with Crippen LogP contribution in [0.5, 0.6) is 0 Å². The number of rotatable bonds is 3. The number of nitrogens with zero attached hydrogens (tertiary/aromatic N) is 1. The second-order valence-corrected chi connectivity index (χ2v) is 5.07. The van der Waals surface area contributed by atoms with Crippen molar-refractivity contribution in [3.05, 3.63) is 27.7 Å². The van der Waals surface area contributed by atoms with E-state index in [1.807, 2.05) is 13.8 Å². The Morgan fingerprint density at radius 2 is 1.74 bits per heavy atom. The molecule has 0 saturated heterocycles. The first-order chi connectivity index (χ1) is 8.73. The van der Waals surface area contributed by atoms with Gasteiger partial charge in [0.15, 0.2) is 0 Å². The highest BCUT2D eigenvalue weighted by Gasteiger charge is 2.17. The quantitative estimate of drug-likeness (QED) is 0.897. The van der Waals surface area contributed by atoms with Crippen LogP contribution < -0.4 is 5.32 Å². The van der Waals surface area contributed by atoms with Crippen LogP contribution in [0, 0.1) is 0 Å². The van der Waals surface area contributed by atoms with Crippen LogP contribution in [0.2, 0.25) is 10.0 Å². The van der Waals surface area contributed by atoms with Crippen molar-refractivity contribution in [3.8, 4) is 0 Å². The average molecular weight is 305 g/mol. The molecule has 0 radical (unpaired) electrons. The van der Waals surface area contributed by atoms with Gasteiger partial charge in [0.05, 0.1) is 21.3 Å². The fraction of sp³-hybridized carbons (Fsp3) is 0.333. The van der Waals surface area contributed by atoms with Gasteiger partial charge in [0.2, 0.25) is 0 Å². The lowest BCUT2D eigenvalue weighted by molar-refractivity contribution is 0.0697. The molecular formula is C12H14Cl2N2O3. The van der Waals surface area contributed by atoms with E-state index in [2.05, 4.69) is 5.32 Å². The molecule has 0 heterocycles. The van der Waals surface area contributed by atoms with E-state index >= 15 is 0 Å².